The number of cyclic esters (lactones) is 1. The van der Waals surface area contributed by atoms with E-state index in [0.717, 1.165) is 5.56 Å². The van der Waals surface area contributed by atoms with Crippen LogP contribution in [-0.4, -0.2) is 34.9 Å². The summed E-state index contributed by atoms with van der Waals surface area (Å²) < 4.78 is 10.6. The average molecular weight is 318 g/mol. The molecule has 23 heavy (non-hydrogen) atoms. The number of benzene rings is 1. The van der Waals surface area contributed by atoms with E-state index in [4.69, 9.17) is 9.47 Å². The molecule has 1 aliphatic carbocycles. The largest absolute Gasteiger partial charge is 0.466 e. The predicted octanol–water partition coefficient (Wildman–Crippen LogP) is 2.04. The topological polar surface area (TPSA) is 72.8 Å². The molecule has 0 unspecified atom stereocenters. The maximum absolute atomic E-state index is 12.5. The van der Waals surface area contributed by atoms with Crippen LogP contribution in [0, 0.1) is 11.8 Å². The van der Waals surface area contributed by atoms with Gasteiger partial charge in [-0.1, -0.05) is 30.3 Å². The molecular formula is C18H22O5. The van der Waals surface area contributed by atoms with E-state index in [0.29, 0.717) is 0 Å². The third-order valence-electron chi connectivity index (χ3n) is 5.26. The zero-order valence-corrected chi connectivity index (χ0v) is 13.6. The van der Waals surface area contributed by atoms with E-state index in [2.05, 4.69) is 0 Å². The van der Waals surface area contributed by atoms with E-state index < -0.39 is 34.9 Å². The number of carbonyl (C=O) groups excluding carboxylic acids is 2. The summed E-state index contributed by atoms with van der Waals surface area (Å²) in [5.74, 6) is -2.56. The lowest BCUT2D eigenvalue weighted by Gasteiger charge is -2.33. The van der Waals surface area contributed by atoms with Gasteiger partial charge in [-0.15, -0.1) is 0 Å². The van der Waals surface area contributed by atoms with Crippen molar-refractivity contribution in [3.05, 3.63) is 35.9 Å². The van der Waals surface area contributed by atoms with Crippen LogP contribution in [0.25, 0.3) is 0 Å². The van der Waals surface area contributed by atoms with Crippen LogP contribution in [0.15, 0.2) is 30.3 Å². The van der Waals surface area contributed by atoms with Crippen LogP contribution in [0.5, 0.6) is 0 Å². The normalized spacial score (nSPS) is 34.8. The number of esters is 2. The van der Waals surface area contributed by atoms with Crippen molar-refractivity contribution in [1.82, 2.24) is 0 Å². The second kappa shape index (κ2) is 5.34. The van der Waals surface area contributed by atoms with Crippen LogP contribution in [-0.2, 0) is 19.1 Å². The van der Waals surface area contributed by atoms with Crippen LogP contribution in [0.4, 0.5) is 0 Å². The molecule has 2 aliphatic rings. The Kier molecular flexibility index (Phi) is 3.71. The summed E-state index contributed by atoms with van der Waals surface area (Å²) in [5.41, 5.74) is -1.55. The van der Waals surface area contributed by atoms with Gasteiger partial charge in [-0.25, -0.2) is 0 Å². The first kappa shape index (κ1) is 16.0. The van der Waals surface area contributed by atoms with E-state index in [9.17, 15) is 14.7 Å². The van der Waals surface area contributed by atoms with Gasteiger partial charge in [0.05, 0.1) is 18.4 Å². The highest BCUT2D eigenvalue weighted by Gasteiger charge is 2.70. The maximum Gasteiger partial charge on any atom is 0.313 e. The van der Waals surface area contributed by atoms with Crippen LogP contribution < -0.4 is 0 Å². The number of ether oxygens (including phenoxy) is 2. The van der Waals surface area contributed by atoms with Crippen molar-refractivity contribution in [2.24, 2.45) is 11.8 Å². The molecule has 0 bridgehead atoms. The van der Waals surface area contributed by atoms with Crippen molar-refractivity contribution in [2.75, 3.05) is 6.61 Å². The Morgan fingerprint density at radius 3 is 2.61 bits per heavy atom. The van der Waals surface area contributed by atoms with Gasteiger partial charge in [-0.2, -0.15) is 0 Å². The molecule has 2 fully saturated rings. The summed E-state index contributed by atoms with van der Waals surface area (Å²) in [5, 5.41) is 11.2. The molecule has 3 rings (SSSR count). The zero-order valence-electron chi connectivity index (χ0n) is 13.6. The number of rotatable bonds is 3. The Hall–Kier alpha value is -1.88. The van der Waals surface area contributed by atoms with Crippen LogP contribution in [0.3, 0.4) is 0 Å². The number of hydrogen-bond donors (Lipinski definition) is 1. The van der Waals surface area contributed by atoms with Gasteiger partial charge in [0.15, 0.2) is 0 Å². The number of fused-ring (bicyclic) bond motifs is 1. The summed E-state index contributed by atoms with van der Waals surface area (Å²) >= 11 is 0. The Balaban J connectivity index is 2.08. The fourth-order valence-electron chi connectivity index (χ4n) is 4.06. The molecule has 0 amide bonds. The fraction of sp³-hybridized carbons (Fsp3) is 0.556. The molecule has 0 aromatic heterocycles. The standard InChI is InChI=1S/C18H22O5/c1-4-22-15(19)12-10-18(21)14(16(20)23-17(18,2)3)13(12)11-8-6-5-7-9-11/h5-9,12-14,21H,4,10H2,1-3H3/t12-,13+,14+,18-/m0/s1. The molecule has 5 heteroatoms. The molecular weight excluding hydrogens is 296 g/mol. The highest BCUT2D eigenvalue weighted by Crippen LogP contribution is 2.59. The van der Waals surface area contributed by atoms with E-state index in [1.807, 2.05) is 30.3 Å². The molecule has 0 spiro atoms. The SMILES string of the molecule is CCOC(=O)[C@H]1C[C@]2(O)[C@@H](C(=O)OC2(C)C)[C@@H]1c1ccccc1. The lowest BCUT2D eigenvalue weighted by Crippen LogP contribution is -2.48. The van der Waals surface area contributed by atoms with E-state index in [1.54, 1.807) is 20.8 Å². The first-order valence-corrected chi connectivity index (χ1v) is 7.98. The Morgan fingerprint density at radius 2 is 2.00 bits per heavy atom. The lowest BCUT2D eigenvalue weighted by atomic mass is 9.76. The Morgan fingerprint density at radius 1 is 1.35 bits per heavy atom. The van der Waals surface area contributed by atoms with Gasteiger partial charge in [0.2, 0.25) is 0 Å². The first-order chi connectivity index (χ1) is 10.8. The minimum absolute atomic E-state index is 0.162. The third-order valence-corrected chi connectivity index (χ3v) is 5.26. The number of hydrogen-bond acceptors (Lipinski definition) is 5. The molecule has 124 valence electrons. The van der Waals surface area contributed by atoms with Crippen molar-refractivity contribution < 1.29 is 24.2 Å². The van der Waals surface area contributed by atoms with Crippen LogP contribution in [0.1, 0.15) is 38.7 Å². The summed E-state index contributed by atoms with van der Waals surface area (Å²) in [4.78, 5) is 24.9. The van der Waals surface area contributed by atoms with Crippen LogP contribution in [0.2, 0.25) is 0 Å². The molecule has 5 nitrogen and oxygen atoms in total. The Labute approximate surface area is 135 Å². The molecule has 1 aliphatic heterocycles. The average Bonchev–Trinajstić information content (AvgIpc) is 2.91. The fourth-order valence-corrected chi connectivity index (χ4v) is 4.06. The van der Waals surface area contributed by atoms with Gasteiger partial charge in [0.1, 0.15) is 11.2 Å². The highest BCUT2D eigenvalue weighted by molar-refractivity contribution is 5.84. The number of carbonyl (C=O) groups is 2. The van der Waals surface area contributed by atoms with Crippen LogP contribution >= 0.6 is 0 Å². The van der Waals surface area contributed by atoms with Gasteiger partial charge >= 0.3 is 11.9 Å². The second-order valence-electron chi connectivity index (χ2n) is 6.83. The summed E-state index contributed by atoms with van der Waals surface area (Å²) in [6.07, 6.45) is 0.162. The number of aliphatic hydroxyl groups is 1. The van der Waals surface area contributed by atoms with E-state index in [1.165, 1.54) is 0 Å². The second-order valence-corrected chi connectivity index (χ2v) is 6.83. The quantitative estimate of drug-likeness (QED) is 0.863. The highest BCUT2D eigenvalue weighted by atomic mass is 16.6. The molecule has 1 aromatic rings. The Bertz CT molecular complexity index is 624. The molecule has 0 radical (unpaired) electrons. The molecule has 1 heterocycles. The maximum atomic E-state index is 12.5. The lowest BCUT2D eigenvalue weighted by molar-refractivity contribution is -0.157. The molecule has 1 N–H and O–H groups in total. The third kappa shape index (κ3) is 2.26. The monoisotopic (exact) mass is 318 g/mol. The van der Waals surface area contributed by atoms with Gasteiger partial charge in [-0.05, 0) is 32.8 Å². The van der Waals surface area contributed by atoms with Gasteiger partial charge in [0.25, 0.3) is 0 Å². The van der Waals surface area contributed by atoms with Crippen molar-refractivity contribution in [3.8, 4) is 0 Å². The molecule has 1 aromatic carbocycles. The van der Waals surface area contributed by atoms with E-state index in [-0.39, 0.29) is 19.0 Å². The van der Waals surface area contributed by atoms with E-state index >= 15 is 0 Å². The summed E-state index contributed by atoms with van der Waals surface area (Å²) in [6, 6.07) is 9.35. The van der Waals surface area contributed by atoms with Gasteiger partial charge in [-0.3, -0.25) is 9.59 Å². The zero-order chi connectivity index (χ0) is 16.8. The summed E-state index contributed by atoms with van der Waals surface area (Å²) in [6.45, 7) is 5.41. The van der Waals surface area contributed by atoms with Crippen molar-refractivity contribution >= 4 is 11.9 Å². The van der Waals surface area contributed by atoms with Crippen molar-refractivity contribution in [3.63, 3.8) is 0 Å². The predicted molar refractivity (Wildman–Crippen MR) is 82.5 cm³/mol. The van der Waals surface area contributed by atoms with Gasteiger partial charge < -0.3 is 14.6 Å². The molecule has 1 saturated carbocycles. The first-order valence-electron chi connectivity index (χ1n) is 7.98. The van der Waals surface area contributed by atoms with Gasteiger partial charge in [0, 0.05) is 5.92 Å². The van der Waals surface area contributed by atoms with Crippen molar-refractivity contribution in [1.29, 1.82) is 0 Å². The summed E-state index contributed by atoms with van der Waals surface area (Å²) in [7, 11) is 0. The molecule has 1 saturated heterocycles. The molecule has 4 atom stereocenters. The minimum Gasteiger partial charge on any atom is -0.466 e. The van der Waals surface area contributed by atoms with Crippen molar-refractivity contribution in [2.45, 2.75) is 44.3 Å². The minimum atomic E-state index is -1.37. The smallest absolute Gasteiger partial charge is 0.313 e.